The van der Waals surface area contributed by atoms with Crippen molar-refractivity contribution in [3.8, 4) is 10.4 Å². The third-order valence-electron chi connectivity index (χ3n) is 2.99. The number of hydrogen-bond acceptors (Lipinski definition) is 5. The summed E-state index contributed by atoms with van der Waals surface area (Å²) in [6.45, 7) is 0.938. The summed E-state index contributed by atoms with van der Waals surface area (Å²) in [5.41, 5.74) is 3.62. The Morgan fingerprint density at radius 1 is 1.24 bits per heavy atom. The van der Waals surface area contributed by atoms with Crippen molar-refractivity contribution >= 4 is 33.5 Å². The zero-order chi connectivity index (χ0) is 14.7. The van der Waals surface area contributed by atoms with E-state index in [0.29, 0.717) is 0 Å². The largest absolute Gasteiger partial charge is 0.332 e. The quantitative estimate of drug-likeness (QED) is 0.741. The number of hydrogen-bond donors (Lipinski definition) is 1. The van der Waals surface area contributed by atoms with Crippen molar-refractivity contribution in [1.29, 1.82) is 0 Å². The maximum Gasteiger partial charge on any atom is 0.187 e. The van der Waals surface area contributed by atoms with Crippen LogP contribution in [0.3, 0.4) is 0 Å². The van der Waals surface area contributed by atoms with Crippen LogP contribution in [0.1, 0.15) is 5.56 Å². The summed E-state index contributed by atoms with van der Waals surface area (Å²) >= 11 is 3.39. The third-order valence-corrected chi connectivity index (χ3v) is 4.63. The van der Waals surface area contributed by atoms with Crippen LogP contribution in [-0.2, 0) is 6.54 Å². The van der Waals surface area contributed by atoms with Gasteiger partial charge in [0.1, 0.15) is 0 Å². The SMILES string of the molecule is CN(C)Cc1cccc(Nc2ncc(-c3ccsc3)s2)c1. The molecule has 2 heterocycles. The summed E-state index contributed by atoms with van der Waals surface area (Å²) in [6.07, 6.45) is 1.93. The molecule has 1 N–H and O–H groups in total. The molecule has 2 aromatic heterocycles. The predicted molar refractivity (Wildman–Crippen MR) is 92.5 cm³/mol. The highest BCUT2D eigenvalue weighted by Crippen LogP contribution is 2.31. The number of aromatic nitrogens is 1. The van der Waals surface area contributed by atoms with Gasteiger partial charge in [0.2, 0.25) is 0 Å². The summed E-state index contributed by atoms with van der Waals surface area (Å²) < 4.78 is 0. The lowest BCUT2D eigenvalue weighted by molar-refractivity contribution is 0.402. The van der Waals surface area contributed by atoms with Crippen LogP contribution in [0, 0.1) is 0 Å². The lowest BCUT2D eigenvalue weighted by Gasteiger charge is -2.11. The van der Waals surface area contributed by atoms with Gasteiger partial charge in [-0.25, -0.2) is 4.98 Å². The first-order valence-corrected chi connectivity index (χ1v) is 8.46. The maximum absolute atomic E-state index is 4.46. The van der Waals surface area contributed by atoms with Crippen LogP contribution >= 0.6 is 22.7 Å². The monoisotopic (exact) mass is 315 g/mol. The van der Waals surface area contributed by atoms with Gasteiger partial charge in [0.05, 0.1) is 4.88 Å². The smallest absolute Gasteiger partial charge is 0.187 e. The Morgan fingerprint density at radius 2 is 2.14 bits per heavy atom. The molecule has 0 bridgehead atoms. The fourth-order valence-electron chi connectivity index (χ4n) is 2.11. The van der Waals surface area contributed by atoms with Gasteiger partial charge in [0, 0.05) is 24.0 Å². The second-order valence-electron chi connectivity index (χ2n) is 5.10. The minimum Gasteiger partial charge on any atom is -0.332 e. The Hall–Kier alpha value is -1.69. The topological polar surface area (TPSA) is 28.2 Å². The Labute approximate surface area is 132 Å². The van der Waals surface area contributed by atoms with Crippen molar-refractivity contribution in [1.82, 2.24) is 9.88 Å². The molecule has 3 aromatic rings. The van der Waals surface area contributed by atoms with Crippen molar-refractivity contribution < 1.29 is 0 Å². The Kier molecular flexibility index (Phi) is 4.34. The van der Waals surface area contributed by atoms with Gasteiger partial charge in [-0.05, 0) is 48.6 Å². The van der Waals surface area contributed by atoms with Gasteiger partial charge in [-0.2, -0.15) is 11.3 Å². The minimum atomic E-state index is 0.929. The van der Waals surface area contributed by atoms with Gasteiger partial charge < -0.3 is 10.2 Å². The fourth-order valence-corrected chi connectivity index (χ4v) is 3.67. The summed E-state index contributed by atoms with van der Waals surface area (Å²) in [6, 6.07) is 10.6. The van der Waals surface area contributed by atoms with Crippen molar-refractivity contribution in [2.24, 2.45) is 0 Å². The van der Waals surface area contributed by atoms with Crippen LogP contribution < -0.4 is 5.32 Å². The average molecular weight is 315 g/mol. The standard InChI is InChI=1S/C16H17N3S2/c1-19(2)10-12-4-3-5-14(8-12)18-16-17-9-15(21-16)13-6-7-20-11-13/h3-9,11H,10H2,1-2H3,(H,17,18). The second-order valence-corrected chi connectivity index (χ2v) is 6.92. The van der Waals surface area contributed by atoms with E-state index >= 15 is 0 Å². The normalized spacial score (nSPS) is 11.0. The second kappa shape index (κ2) is 6.39. The zero-order valence-corrected chi connectivity index (χ0v) is 13.7. The molecule has 21 heavy (non-hydrogen) atoms. The number of benzene rings is 1. The Balaban J connectivity index is 1.75. The molecule has 0 amide bonds. The molecule has 1 aromatic carbocycles. The molecule has 0 atom stereocenters. The molecule has 0 aliphatic heterocycles. The van der Waals surface area contributed by atoms with Gasteiger partial charge in [-0.3, -0.25) is 0 Å². The van der Waals surface area contributed by atoms with Gasteiger partial charge in [0.15, 0.2) is 5.13 Å². The van der Waals surface area contributed by atoms with Crippen LogP contribution in [0.25, 0.3) is 10.4 Å². The van der Waals surface area contributed by atoms with Crippen LogP contribution in [0.15, 0.2) is 47.3 Å². The van der Waals surface area contributed by atoms with E-state index in [4.69, 9.17) is 0 Å². The number of nitrogens with one attached hydrogen (secondary N) is 1. The van der Waals surface area contributed by atoms with E-state index in [-0.39, 0.29) is 0 Å². The van der Waals surface area contributed by atoms with Gasteiger partial charge in [-0.1, -0.05) is 23.5 Å². The molecule has 0 radical (unpaired) electrons. The van der Waals surface area contributed by atoms with E-state index < -0.39 is 0 Å². The lowest BCUT2D eigenvalue weighted by atomic mass is 10.2. The average Bonchev–Trinajstić information content (AvgIpc) is 3.08. The van der Waals surface area contributed by atoms with E-state index in [0.717, 1.165) is 17.4 Å². The molecule has 3 rings (SSSR count). The third kappa shape index (κ3) is 3.69. The highest BCUT2D eigenvalue weighted by Gasteiger charge is 2.05. The molecule has 0 saturated heterocycles. The summed E-state index contributed by atoms with van der Waals surface area (Å²) in [4.78, 5) is 7.82. The van der Waals surface area contributed by atoms with Crippen molar-refractivity contribution in [2.75, 3.05) is 19.4 Å². The Bertz CT molecular complexity index is 702. The molecule has 3 nitrogen and oxygen atoms in total. The summed E-state index contributed by atoms with van der Waals surface area (Å²) in [7, 11) is 4.15. The highest BCUT2D eigenvalue weighted by molar-refractivity contribution is 7.19. The van der Waals surface area contributed by atoms with E-state index in [1.165, 1.54) is 16.0 Å². The minimum absolute atomic E-state index is 0.929. The molecule has 0 aliphatic carbocycles. The molecule has 0 saturated carbocycles. The molecule has 5 heteroatoms. The Morgan fingerprint density at radius 3 is 2.90 bits per heavy atom. The van der Waals surface area contributed by atoms with Gasteiger partial charge in [-0.15, -0.1) is 0 Å². The molecular formula is C16H17N3S2. The molecule has 0 aliphatic rings. The van der Waals surface area contributed by atoms with E-state index in [1.54, 1.807) is 22.7 Å². The molecule has 0 fully saturated rings. The van der Waals surface area contributed by atoms with Crippen molar-refractivity contribution in [2.45, 2.75) is 6.54 Å². The maximum atomic E-state index is 4.46. The molecule has 0 unspecified atom stereocenters. The van der Waals surface area contributed by atoms with Gasteiger partial charge in [0.25, 0.3) is 0 Å². The van der Waals surface area contributed by atoms with Crippen molar-refractivity contribution in [3.63, 3.8) is 0 Å². The van der Waals surface area contributed by atoms with Crippen LogP contribution in [0.2, 0.25) is 0 Å². The number of thiophene rings is 1. The molecule has 0 spiro atoms. The zero-order valence-electron chi connectivity index (χ0n) is 12.0. The molecular weight excluding hydrogens is 298 g/mol. The van der Waals surface area contributed by atoms with Crippen LogP contribution in [-0.4, -0.2) is 24.0 Å². The lowest BCUT2D eigenvalue weighted by Crippen LogP contribution is -2.10. The first-order valence-electron chi connectivity index (χ1n) is 6.70. The fraction of sp³-hybridized carbons (Fsp3) is 0.188. The number of thiazole rings is 1. The first kappa shape index (κ1) is 14.3. The summed E-state index contributed by atoms with van der Waals surface area (Å²) in [5, 5.41) is 8.56. The van der Waals surface area contributed by atoms with E-state index in [2.05, 4.69) is 70.4 Å². The number of rotatable bonds is 5. The summed E-state index contributed by atoms with van der Waals surface area (Å²) in [5.74, 6) is 0. The van der Waals surface area contributed by atoms with E-state index in [1.807, 2.05) is 6.20 Å². The predicted octanol–water partition coefficient (Wildman–Crippen LogP) is 4.68. The number of nitrogens with zero attached hydrogens (tertiary/aromatic N) is 2. The number of anilines is 2. The van der Waals surface area contributed by atoms with Crippen LogP contribution in [0.4, 0.5) is 10.8 Å². The van der Waals surface area contributed by atoms with Crippen molar-refractivity contribution in [3.05, 3.63) is 52.9 Å². The first-order chi connectivity index (χ1) is 10.2. The van der Waals surface area contributed by atoms with Crippen LogP contribution in [0.5, 0.6) is 0 Å². The van der Waals surface area contributed by atoms with E-state index in [9.17, 15) is 0 Å². The molecule has 108 valence electrons. The highest BCUT2D eigenvalue weighted by atomic mass is 32.1. The van der Waals surface area contributed by atoms with Gasteiger partial charge >= 0.3 is 0 Å².